The van der Waals surface area contributed by atoms with Gasteiger partial charge in [-0.15, -0.1) is 0 Å². The van der Waals surface area contributed by atoms with Crippen LogP contribution >= 0.6 is 0 Å². The van der Waals surface area contributed by atoms with Crippen molar-refractivity contribution in [3.63, 3.8) is 0 Å². The quantitative estimate of drug-likeness (QED) is 0.670. The summed E-state index contributed by atoms with van der Waals surface area (Å²) in [7, 11) is 2.01. The van der Waals surface area contributed by atoms with Crippen molar-refractivity contribution in [1.82, 2.24) is 10.2 Å². The Morgan fingerprint density at radius 1 is 1.58 bits per heavy atom. The number of likely N-dealkylation sites (N-methyl/N-ethyl adjacent to an activating group) is 1. The van der Waals surface area contributed by atoms with E-state index in [0.717, 1.165) is 24.2 Å². The predicted octanol–water partition coefficient (Wildman–Crippen LogP) is 1.84. The van der Waals surface area contributed by atoms with Gasteiger partial charge in [0, 0.05) is 18.4 Å². The van der Waals surface area contributed by atoms with Gasteiger partial charge < -0.3 is 10.2 Å². The van der Waals surface area contributed by atoms with Gasteiger partial charge in [-0.2, -0.15) is 0 Å². The number of piperidine rings is 1. The molecule has 1 fully saturated rings. The van der Waals surface area contributed by atoms with E-state index in [-0.39, 0.29) is 0 Å². The fraction of sp³-hybridized carbons (Fsp3) is 0.400. The SMILES string of the molecule is C=CN(C)C1CCC(=C)NC1=C. The summed E-state index contributed by atoms with van der Waals surface area (Å²) in [6.07, 6.45) is 3.92. The van der Waals surface area contributed by atoms with Crippen molar-refractivity contribution in [3.05, 3.63) is 37.3 Å². The largest absolute Gasteiger partial charge is 0.373 e. The number of nitrogens with zero attached hydrogens (tertiary/aromatic N) is 1. The van der Waals surface area contributed by atoms with Crippen molar-refractivity contribution in [2.24, 2.45) is 0 Å². The van der Waals surface area contributed by atoms with E-state index in [1.165, 1.54) is 0 Å². The van der Waals surface area contributed by atoms with E-state index in [1.807, 2.05) is 13.2 Å². The second kappa shape index (κ2) is 3.48. The minimum Gasteiger partial charge on any atom is -0.373 e. The molecule has 0 radical (unpaired) electrons. The lowest BCUT2D eigenvalue weighted by atomic mass is 10.0. The molecule has 12 heavy (non-hydrogen) atoms. The molecule has 1 N–H and O–H groups in total. The molecular weight excluding hydrogens is 148 g/mol. The molecule has 0 saturated carbocycles. The fourth-order valence-electron chi connectivity index (χ4n) is 1.43. The second-order valence-corrected chi connectivity index (χ2v) is 3.16. The Hall–Kier alpha value is -1.18. The van der Waals surface area contributed by atoms with Crippen molar-refractivity contribution >= 4 is 0 Å². The second-order valence-electron chi connectivity index (χ2n) is 3.16. The molecule has 0 aromatic carbocycles. The lowest BCUT2D eigenvalue weighted by molar-refractivity contribution is 0.325. The number of nitrogens with one attached hydrogen (secondary N) is 1. The van der Waals surface area contributed by atoms with Crippen molar-refractivity contribution in [2.75, 3.05) is 7.05 Å². The van der Waals surface area contributed by atoms with E-state index in [1.54, 1.807) is 0 Å². The van der Waals surface area contributed by atoms with Crippen LogP contribution in [0.1, 0.15) is 12.8 Å². The highest BCUT2D eigenvalue weighted by Gasteiger charge is 2.20. The summed E-state index contributed by atoms with van der Waals surface area (Å²) in [6, 6.07) is 0.369. The van der Waals surface area contributed by atoms with Gasteiger partial charge in [-0.05, 0) is 19.0 Å². The van der Waals surface area contributed by atoms with Gasteiger partial charge in [-0.25, -0.2) is 0 Å². The molecule has 1 rings (SSSR count). The molecule has 1 heterocycles. The van der Waals surface area contributed by atoms with Crippen LogP contribution in [0.25, 0.3) is 0 Å². The van der Waals surface area contributed by atoms with Gasteiger partial charge >= 0.3 is 0 Å². The molecule has 66 valence electrons. The number of allylic oxidation sites excluding steroid dienone is 1. The van der Waals surface area contributed by atoms with Crippen molar-refractivity contribution in [1.29, 1.82) is 0 Å². The molecule has 0 aromatic heterocycles. The molecule has 0 spiro atoms. The Kier molecular flexibility index (Phi) is 2.58. The van der Waals surface area contributed by atoms with Gasteiger partial charge in [0.2, 0.25) is 0 Å². The lowest BCUT2D eigenvalue weighted by Crippen LogP contribution is -2.38. The minimum absolute atomic E-state index is 0.369. The van der Waals surface area contributed by atoms with Gasteiger partial charge in [0.15, 0.2) is 0 Å². The summed E-state index contributed by atoms with van der Waals surface area (Å²) in [5.74, 6) is 0. The molecule has 2 nitrogen and oxygen atoms in total. The van der Waals surface area contributed by atoms with Crippen molar-refractivity contribution in [2.45, 2.75) is 18.9 Å². The summed E-state index contributed by atoms with van der Waals surface area (Å²) in [5.41, 5.74) is 2.09. The van der Waals surface area contributed by atoms with Crippen LogP contribution in [0.4, 0.5) is 0 Å². The Labute approximate surface area is 74.3 Å². The van der Waals surface area contributed by atoms with Crippen LogP contribution in [0.5, 0.6) is 0 Å². The molecule has 1 aliphatic heterocycles. The first-order valence-corrected chi connectivity index (χ1v) is 4.13. The Bertz CT molecular complexity index is 218. The first kappa shape index (κ1) is 8.91. The molecule has 2 heteroatoms. The maximum absolute atomic E-state index is 3.95. The van der Waals surface area contributed by atoms with E-state index in [9.17, 15) is 0 Å². The van der Waals surface area contributed by atoms with Crippen molar-refractivity contribution in [3.8, 4) is 0 Å². The normalized spacial score (nSPS) is 23.2. The highest BCUT2D eigenvalue weighted by molar-refractivity contribution is 5.17. The Morgan fingerprint density at radius 3 is 2.75 bits per heavy atom. The van der Waals surface area contributed by atoms with Gasteiger partial charge in [0.05, 0.1) is 6.04 Å². The van der Waals surface area contributed by atoms with Gasteiger partial charge in [-0.1, -0.05) is 19.7 Å². The maximum Gasteiger partial charge on any atom is 0.0680 e. The van der Waals surface area contributed by atoms with Gasteiger partial charge in [0.1, 0.15) is 0 Å². The van der Waals surface area contributed by atoms with Crippen LogP contribution in [-0.2, 0) is 0 Å². The lowest BCUT2D eigenvalue weighted by Gasteiger charge is -2.33. The van der Waals surface area contributed by atoms with Crippen LogP contribution in [0.3, 0.4) is 0 Å². The standard InChI is InChI=1S/C10H16N2/c1-5-12(4)10-7-6-8(2)11-9(10)3/h5,10-11H,1-3,6-7H2,4H3. The van der Waals surface area contributed by atoms with Crippen LogP contribution in [0, 0.1) is 0 Å². The predicted molar refractivity (Wildman–Crippen MR) is 52.4 cm³/mol. The third-order valence-electron chi connectivity index (χ3n) is 2.24. The molecule has 1 unspecified atom stereocenters. The minimum atomic E-state index is 0.369. The molecule has 1 atom stereocenters. The third-order valence-corrected chi connectivity index (χ3v) is 2.24. The number of rotatable bonds is 2. The zero-order valence-electron chi connectivity index (χ0n) is 7.64. The summed E-state index contributed by atoms with van der Waals surface area (Å²) in [4.78, 5) is 2.07. The molecular formula is C10H16N2. The van der Waals surface area contributed by atoms with Crippen LogP contribution in [0.2, 0.25) is 0 Å². The molecule has 0 amide bonds. The molecule has 1 aliphatic rings. The highest BCUT2D eigenvalue weighted by atomic mass is 15.1. The van der Waals surface area contributed by atoms with Crippen molar-refractivity contribution < 1.29 is 0 Å². The summed E-state index contributed by atoms with van der Waals surface area (Å²) >= 11 is 0. The number of hydrogen-bond acceptors (Lipinski definition) is 2. The zero-order valence-corrected chi connectivity index (χ0v) is 7.64. The fourth-order valence-corrected chi connectivity index (χ4v) is 1.43. The zero-order chi connectivity index (χ0) is 9.14. The number of hydrogen-bond donors (Lipinski definition) is 1. The van der Waals surface area contributed by atoms with E-state index in [4.69, 9.17) is 0 Å². The highest BCUT2D eigenvalue weighted by Crippen LogP contribution is 2.20. The summed E-state index contributed by atoms with van der Waals surface area (Å²) in [5, 5.41) is 3.17. The van der Waals surface area contributed by atoms with E-state index in [0.29, 0.717) is 6.04 Å². The Balaban J connectivity index is 2.62. The topological polar surface area (TPSA) is 15.3 Å². The monoisotopic (exact) mass is 164 g/mol. The summed E-state index contributed by atoms with van der Waals surface area (Å²) in [6.45, 7) is 11.5. The average molecular weight is 164 g/mol. The first-order valence-electron chi connectivity index (χ1n) is 4.13. The van der Waals surface area contributed by atoms with E-state index in [2.05, 4.69) is 30.0 Å². The third kappa shape index (κ3) is 1.70. The molecule has 0 aromatic rings. The maximum atomic E-state index is 3.95. The van der Waals surface area contributed by atoms with Crippen LogP contribution in [-0.4, -0.2) is 18.0 Å². The average Bonchev–Trinajstić information content (AvgIpc) is 2.03. The van der Waals surface area contributed by atoms with E-state index < -0.39 is 0 Å². The molecule has 0 aliphatic carbocycles. The molecule has 1 saturated heterocycles. The summed E-state index contributed by atoms with van der Waals surface area (Å²) < 4.78 is 0. The Morgan fingerprint density at radius 2 is 2.25 bits per heavy atom. The van der Waals surface area contributed by atoms with Gasteiger partial charge in [-0.3, -0.25) is 0 Å². The molecule has 0 bridgehead atoms. The van der Waals surface area contributed by atoms with Crippen LogP contribution < -0.4 is 5.32 Å². The van der Waals surface area contributed by atoms with Gasteiger partial charge in [0.25, 0.3) is 0 Å². The van der Waals surface area contributed by atoms with Crippen LogP contribution in [0.15, 0.2) is 37.3 Å². The smallest absolute Gasteiger partial charge is 0.0680 e. The van der Waals surface area contributed by atoms with E-state index >= 15 is 0 Å². The first-order chi connectivity index (χ1) is 5.65.